The summed E-state index contributed by atoms with van der Waals surface area (Å²) in [6.45, 7) is 5.94. The quantitative estimate of drug-likeness (QED) is 0.163. The number of H-pyrrole nitrogens is 1. The topological polar surface area (TPSA) is 118 Å². The fourth-order valence-corrected chi connectivity index (χ4v) is 3.60. The number of aliphatic hydroxyl groups excluding tert-OH is 1. The van der Waals surface area contributed by atoms with Gasteiger partial charge in [-0.15, -0.1) is 0 Å². The van der Waals surface area contributed by atoms with E-state index in [0.717, 1.165) is 22.3 Å². The van der Waals surface area contributed by atoms with Crippen LogP contribution in [-0.2, 0) is 11.4 Å². The van der Waals surface area contributed by atoms with Gasteiger partial charge in [0.1, 0.15) is 5.49 Å². The van der Waals surface area contributed by atoms with Gasteiger partial charge < -0.3 is 25.7 Å². The summed E-state index contributed by atoms with van der Waals surface area (Å²) in [7, 11) is 0. The van der Waals surface area contributed by atoms with Crippen molar-refractivity contribution in [2.45, 2.75) is 32.2 Å². The Labute approximate surface area is 208 Å². The van der Waals surface area contributed by atoms with Crippen molar-refractivity contribution >= 4 is 30.5 Å². The fourth-order valence-electron chi connectivity index (χ4n) is 3.60. The molecule has 0 unspecified atom stereocenters. The molecule has 0 bridgehead atoms. The molecular formula is C26H30F2N6O2. The van der Waals surface area contributed by atoms with E-state index < -0.39 is 11.8 Å². The van der Waals surface area contributed by atoms with Crippen molar-refractivity contribution in [1.82, 2.24) is 10.3 Å². The Bertz CT molecular complexity index is 1200. The summed E-state index contributed by atoms with van der Waals surface area (Å²) in [4.78, 5) is 16.9. The predicted molar refractivity (Wildman–Crippen MR) is 138 cm³/mol. The van der Waals surface area contributed by atoms with Crippen LogP contribution in [0.25, 0.3) is 11.6 Å². The number of alkyl halides is 2. The summed E-state index contributed by atoms with van der Waals surface area (Å²) in [5, 5.41) is 22.7. The third-order valence-electron chi connectivity index (χ3n) is 5.63. The van der Waals surface area contributed by atoms with Crippen LogP contribution in [0.4, 0.5) is 8.78 Å². The minimum atomic E-state index is -2.67. The number of aryl methyl sites for hydroxylation is 1. The first-order valence-corrected chi connectivity index (χ1v) is 11.4. The normalized spacial score (nSPS) is 16.6. The molecule has 3 rings (SSSR count). The van der Waals surface area contributed by atoms with E-state index in [0.29, 0.717) is 17.6 Å². The van der Waals surface area contributed by atoms with Gasteiger partial charge in [0.25, 0.3) is 0 Å². The highest BCUT2D eigenvalue weighted by atomic mass is 19.3. The lowest BCUT2D eigenvalue weighted by molar-refractivity contribution is -0.0956. The lowest BCUT2D eigenvalue weighted by Crippen LogP contribution is -2.40. The Morgan fingerprint density at radius 3 is 2.78 bits per heavy atom. The highest BCUT2D eigenvalue weighted by Crippen LogP contribution is 2.43. The van der Waals surface area contributed by atoms with Gasteiger partial charge in [-0.25, -0.2) is 18.8 Å². The van der Waals surface area contributed by atoms with Crippen LogP contribution >= 0.6 is 0 Å². The van der Waals surface area contributed by atoms with Crippen molar-refractivity contribution in [2.24, 2.45) is 21.1 Å². The third kappa shape index (κ3) is 7.54. The zero-order valence-corrected chi connectivity index (χ0v) is 20.0. The number of aliphatic hydroxyl groups is 1. The maximum atomic E-state index is 13.2. The molecule has 8 nitrogen and oxygen atoms in total. The van der Waals surface area contributed by atoms with Crippen molar-refractivity contribution in [3.63, 3.8) is 0 Å². The molecule has 10 heteroatoms. The number of aromatic nitrogens is 1. The third-order valence-corrected chi connectivity index (χ3v) is 5.63. The summed E-state index contributed by atoms with van der Waals surface area (Å²) >= 11 is 0. The molecule has 1 aromatic heterocycles. The number of rotatable bonds is 11. The van der Waals surface area contributed by atoms with Crippen molar-refractivity contribution in [3.05, 3.63) is 76.7 Å². The second-order valence-electron chi connectivity index (χ2n) is 8.36. The second-order valence-corrected chi connectivity index (χ2v) is 8.36. The van der Waals surface area contributed by atoms with E-state index in [1.54, 1.807) is 24.7 Å². The second kappa shape index (κ2) is 12.7. The van der Waals surface area contributed by atoms with Crippen molar-refractivity contribution in [1.29, 1.82) is 5.41 Å². The first-order valence-electron chi connectivity index (χ1n) is 11.4. The van der Waals surface area contributed by atoms with E-state index in [-0.39, 0.29) is 31.9 Å². The Morgan fingerprint density at radius 2 is 2.14 bits per heavy atom. The lowest BCUT2D eigenvalue weighted by Gasteiger charge is -2.33. The van der Waals surface area contributed by atoms with Gasteiger partial charge in [-0.2, -0.15) is 0 Å². The summed E-state index contributed by atoms with van der Waals surface area (Å²) < 4.78 is 26.4. The summed E-state index contributed by atoms with van der Waals surface area (Å²) in [5.74, 6) is -2.93. The predicted octanol–water partition coefficient (Wildman–Crippen LogP) is 4.04. The molecule has 1 saturated carbocycles. The van der Waals surface area contributed by atoms with E-state index in [1.165, 1.54) is 6.21 Å². The Kier molecular flexibility index (Phi) is 9.40. The van der Waals surface area contributed by atoms with Gasteiger partial charge in [-0.1, -0.05) is 17.3 Å². The van der Waals surface area contributed by atoms with Gasteiger partial charge in [-0.3, -0.25) is 0 Å². The maximum Gasteiger partial charge on any atom is 0.249 e. The largest absolute Gasteiger partial charge is 0.395 e. The maximum absolute atomic E-state index is 13.2. The van der Waals surface area contributed by atoms with Crippen molar-refractivity contribution in [3.8, 4) is 0 Å². The summed E-state index contributed by atoms with van der Waals surface area (Å²) in [6.07, 6.45) is 7.64. The van der Waals surface area contributed by atoms with Crippen LogP contribution < -0.4 is 10.8 Å². The molecule has 190 valence electrons. The van der Waals surface area contributed by atoms with E-state index in [1.807, 2.05) is 37.3 Å². The molecule has 1 heterocycles. The summed E-state index contributed by atoms with van der Waals surface area (Å²) in [5.41, 5.74) is 5.01. The number of nitrogens with zero attached hydrogens (tertiary/aromatic N) is 3. The zero-order chi connectivity index (χ0) is 26.0. The fraction of sp³-hybridized carbons (Fsp3) is 0.308. The van der Waals surface area contributed by atoms with Crippen LogP contribution in [0, 0.1) is 18.3 Å². The van der Waals surface area contributed by atoms with Crippen LogP contribution in [0.5, 0.6) is 0 Å². The molecule has 0 amide bonds. The first-order chi connectivity index (χ1) is 17.3. The zero-order valence-electron chi connectivity index (χ0n) is 20.0. The Hall–Kier alpha value is -3.92. The summed E-state index contributed by atoms with van der Waals surface area (Å²) in [6, 6.07) is 9.51. The molecule has 1 aliphatic carbocycles. The van der Waals surface area contributed by atoms with Gasteiger partial charge in [0, 0.05) is 68.0 Å². The molecule has 0 spiro atoms. The SMILES string of the molecule is C=NO/C(=N\Cc1ccc(C)c(/C=C/N=c2/ccc(/C(C=N)=C/NCCO)c[nH]2)c1)C1CC(F)(F)C1. The molecular weight excluding hydrogens is 466 g/mol. The Balaban J connectivity index is 1.69. The Morgan fingerprint density at radius 1 is 1.33 bits per heavy atom. The van der Waals surface area contributed by atoms with Crippen LogP contribution in [0.15, 0.2) is 64.1 Å². The standard InChI is InChI=1S/C26H30F2N6O2/c1-18-3-4-19(15-34-25(36-30-2)22-12-26(27,28)13-22)11-20(18)7-8-32-24-6-5-21(17-33-24)23(14-29)16-31-9-10-35/h3-8,11,14,16-17,22,29,31,35H,2,9-10,12-13,15H2,1H3,(H,32,33)/b8-7+,23-16+,29-14?,34-25-. The van der Waals surface area contributed by atoms with Gasteiger partial charge in [0.2, 0.25) is 11.8 Å². The molecule has 1 aliphatic rings. The van der Waals surface area contributed by atoms with Crippen LogP contribution in [0.1, 0.15) is 35.1 Å². The lowest BCUT2D eigenvalue weighted by atomic mass is 9.81. The van der Waals surface area contributed by atoms with E-state index in [2.05, 4.69) is 32.2 Å². The molecule has 4 N–H and O–H groups in total. The van der Waals surface area contributed by atoms with Crippen LogP contribution in [-0.4, -0.2) is 48.0 Å². The number of pyridine rings is 1. The van der Waals surface area contributed by atoms with E-state index in [9.17, 15) is 8.78 Å². The smallest absolute Gasteiger partial charge is 0.249 e. The molecule has 0 atom stereocenters. The number of hydrogen-bond donors (Lipinski definition) is 4. The monoisotopic (exact) mass is 496 g/mol. The van der Waals surface area contributed by atoms with Gasteiger partial charge in [0.15, 0.2) is 0 Å². The number of hydrogen-bond acceptors (Lipinski definition) is 7. The van der Waals surface area contributed by atoms with Gasteiger partial charge >= 0.3 is 0 Å². The van der Waals surface area contributed by atoms with Gasteiger partial charge in [-0.05, 0) is 47.9 Å². The number of halogens is 2. The van der Waals surface area contributed by atoms with E-state index in [4.69, 9.17) is 15.4 Å². The average molecular weight is 497 g/mol. The highest BCUT2D eigenvalue weighted by molar-refractivity contribution is 6.07. The molecule has 1 fully saturated rings. The van der Waals surface area contributed by atoms with Gasteiger partial charge in [0.05, 0.1) is 13.2 Å². The molecule has 2 aromatic rings. The van der Waals surface area contributed by atoms with Crippen molar-refractivity contribution in [2.75, 3.05) is 13.2 Å². The van der Waals surface area contributed by atoms with Crippen molar-refractivity contribution < 1.29 is 18.7 Å². The average Bonchev–Trinajstić information content (AvgIpc) is 2.85. The first kappa shape index (κ1) is 26.7. The molecule has 0 saturated heterocycles. The minimum absolute atomic E-state index is 0.0118. The number of aromatic amines is 1. The molecule has 36 heavy (non-hydrogen) atoms. The van der Waals surface area contributed by atoms with E-state index >= 15 is 0 Å². The number of nitrogens with one attached hydrogen (secondary N) is 3. The van der Waals surface area contributed by atoms with Crippen LogP contribution in [0.2, 0.25) is 0 Å². The number of benzene rings is 1. The number of oxime groups is 1. The molecule has 0 aliphatic heterocycles. The molecule has 0 radical (unpaired) electrons. The number of aliphatic imine (C=N–C) groups is 1. The highest BCUT2D eigenvalue weighted by Gasteiger charge is 2.48. The van der Waals surface area contributed by atoms with Crippen LogP contribution in [0.3, 0.4) is 0 Å². The molecule has 1 aromatic carbocycles. The number of allylic oxidation sites excluding steroid dienone is 1. The minimum Gasteiger partial charge on any atom is -0.395 e.